The Morgan fingerprint density at radius 2 is 1.64 bits per heavy atom. The molecule has 4 rings (SSSR count). The van der Waals surface area contributed by atoms with Crippen molar-refractivity contribution in [1.82, 2.24) is 4.31 Å². The van der Waals surface area contributed by atoms with Crippen LogP contribution in [0.3, 0.4) is 0 Å². The third-order valence-electron chi connectivity index (χ3n) is 6.19. The molecule has 10 heteroatoms. The molecule has 0 amide bonds. The molecular formula is C26H22F5NO3S. The lowest BCUT2D eigenvalue weighted by atomic mass is 9.98. The molecule has 0 spiro atoms. The van der Waals surface area contributed by atoms with Crippen molar-refractivity contribution in [3.8, 4) is 11.1 Å². The van der Waals surface area contributed by atoms with Gasteiger partial charge in [-0.3, -0.25) is 4.79 Å². The first-order valence-electron chi connectivity index (χ1n) is 11.2. The molecule has 1 aliphatic heterocycles. The van der Waals surface area contributed by atoms with Crippen LogP contribution in [0.15, 0.2) is 71.6 Å². The van der Waals surface area contributed by atoms with E-state index in [-0.39, 0.29) is 35.6 Å². The van der Waals surface area contributed by atoms with Crippen molar-refractivity contribution in [2.24, 2.45) is 0 Å². The van der Waals surface area contributed by atoms with Crippen molar-refractivity contribution in [1.29, 1.82) is 0 Å². The third-order valence-corrected chi connectivity index (χ3v) is 8.11. The van der Waals surface area contributed by atoms with Gasteiger partial charge >= 0.3 is 6.18 Å². The molecule has 1 atom stereocenters. The quantitative estimate of drug-likeness (QED) is 0.357. The topological polar surface area (TPSA) is 54.5 Å². The minimum atomic E-state index is -4.79. The highest BCUT2D eigenvalue weighted by Crippen LogP contribution is 2.34. The Morgan fingerprint density at radius 3 is 2.31 bits per heavy atom. The lowest BCUT2D eigenvalue weighted by Crippen LogP contribution is -2.40. The minimum absolute atomic E-state index is 0.0466. The van der Waals surface area contributed by atoms with E-state index in [4.69, 9.17) is 0 Å². The van der Waals surface area contributed by atoms with Crippen LogP contribution in [-0.2, 0) is 27.4 Å². The SMILES string of the molecule is O=C(CCc1cccc(-c2ccc(C(F)(F)F)c(F)c2)c1)[C@@H]1CCCN1S(=O)(=O)c1ccc(F)cc1. The number of hydrogen-bond acceptors (Lipinski definition) is 3. The van der Waals surface area contributed by atoms with Crippen molar-refractivity contribution in [3.63, 3.8) is 0 Å². The van der Waals surface area contributed by atoms with E-state index in [1.807, 2.05) is 0 Å². The molecule has 1 fully saturated rings. The van der Waals surface area contributed by atoms with E-state index >= 15 is 0 Å². The fourth-order valence-corrected chi connectivity index (χ4v) is 6.03. The number of carbonyl (C=O) groups is 1. The largest absolute Gasteiger partial charge is 0.419 e. The molecule has 0 aliphatic carbocycles. The summed E-state index contributed by atoms with van der Waals surface area (Å²) in [5.41, 5.74) is 0.117. The second-order valence-corrected chi connectivity index (χ2v) is 10.5. The molecule has 0 radical (unpaired) electrons. The molecule has 0 aromatic heterocycles. The highest BCUT2D eigenvalue weighted by molar-refractivity contribution is 7.89. The predicted octanol–water partition coefficient (Wildman–Crippen LogP) is 6.01. The maximum Gasteiger partial charge on any atom is 0.419 e. The molecule has 190 valence electrons. The van der Waals surface area contributed by atoms with E-state index < -0.39 is 39.4 Å². The highest BCUT2D eigenvalue weighted by atomic mass is 32.2. The van der Waals surface area contributed by atoms with Crippen molar-refractivity contribution in [2.75, 3.05) is 6.54 Å². The molecule has 1 heterocycles. The number of nitrogens with zero attached hydrogens (tertiary/aromatic N) is 1. The summed E-state index contributed by atoms with van der Waals surface area (Å²) < 4.78 is 92.9. The van der Waals surface area contributed by atoms with Crippen LogP contribution in [0.5, 0.6) is 0 Å². The molecule has 0 unspecified atom stereocenters. The van der Waals surface area contributed by atoms with Gasteiger partial charge in [0.05, 0.1) is 16.5 Å². The lowest BCUT2D eigenvalue weighted by Gasteiger charge is -2.23. The molecule has 3 aromatic carbocycles. The van der Waals surface area contributed by atoms with Crippen LogP contribution in [0, 0.1) is 11.6 Å². The fourth-order valence-electron chi connectivity index (χ4n) is 4.36. The summed E-state index contributed by atoms with van der Waals surface area (Å²) in [4.78, 5) is 12.9. The number of halogens is 5. The van der Waals surface area contributed by atoms with Gasteiger partial charge in [-0.1, -0.05) is 30.3 Å². The summed E-state index contributed by atoms with van der Waals surface area (Å²) >= 11 is 0. The van der Waals surface area contributed by atoms with Gasteiger partial charge < -0.3 is 0 Å². The van der Waals surface area contributed by atoms with Gasteiger partial charge in [-0.15, -0.1) is 0 Å². The Hall–Kier alpha value is -3.11. The van der Waals surface area contributed by atoms with Crippen LogP contribution >= 0.6 is 0 Å². The lowest BCUT2D eigenvalue weighted by molar-refractivity contribution is -0.140. The summed E-state index contributed by atoms with van der Waals surface area (Å²) in [7, 11) is -3.96. The van der Waals surface area contributed by atoms with E-state index in [1.54, 1.807) is 24.3 Å². The molecule has 36 heavy (non-hydrogen) atoms. The molecule has 0 bridgehead atoms. The monoisotopic (exact) mass is 523 g/mol. The second-order valence-electron chi connectivity index (χ2n) is 8.59. The Kier molecular flexibility index (Phi) is 7.28. The number of benzene rings is 3. The van der Waals surface area contributed by atoms with Crippen molar-refractivity contribution < 1.29 is 35.2 Å². The highest BCUT2D eigenvalue weighted by Gasteiger charge is 2.39. The normalized spacial score (nSPS) is 16.9. The van der Waals surface area contributed by atoms with Gasteiger partial charge in [0.2, 0.25) is 10.0 Å². The molecular weight excluding hydrogens is 501 g/mol. The van der Waals surface area contributed by atoms with Crippen LogP contribution in [0.4, 0.5) is 22.0 Å². The van der Waals surface area contributed by atoms with Crippen LogP contribution in [0.25, 0.3) is 11.1 Å². The predicted molar refractivity (Wildman–Crippen MR) is 123 cm³/mol. The number of ketones is 1. The number of rotatable bonds is 7. The van der Waals surface area contributed by atoms with Crippen LogP contribution in [0.1, 0.15) is 30.4 Å². The number of hydrogen-bond donors (Lipinski definition) is 0. The Balaban J connectivity index is 1.46. The summed E-state index contributed by atoms with van der Waals surface area (Å²) in [6, 6.07) is 13.0. The first-order valence-corrected chi connectivity index (χ1v) is 12.7. The van der Waals surface area contributed by atoms with E-state index in [9.17, 15) is 35.2 Å². The molecule has 0 N–H and O–H groups in total. The fraction of sp³-hybridized carbons (Fsp3) is 0.269. The Morgan fingerprint density at radius 1 is 0.944 bits per heavy atom. The van der Waals surface area contributed by atoms with Gasteiger partial charge in [0, 0.05) is 13.0 Å². The zero-order valence-corrected chi connectivity index (χ0v) is 19.8. The molecule has 1 saturated heterocycles. The van der Waals surface area contributed by atoms with E-state index in [0.717, 1.165) is 22.5 Å². The van der Waals surface area contributed by atoms with Crippen LogP contribution in [-0.4, -0.2) is 31.1 Å². The maximum absolute atomic E-state index is 14.0. The van der Waals surface area contributed by atoms with E-state index in [0.29, 0.717) is 30.0 Å². The zero-order valence-electron chi connectivity index (χ0n) is 18.9. The third kappa shape index (κ3) is 5.49. The Labute approximate surface area is 205 Å². The molecule has 0 saturated carbocycles. The number of Topliss-reactive ketones (excluding diaryl/α,β-unsaturated/α-hetero) is 1. The van der Waals surface area contributed by atoms with Crippen LogP contribution < -0.4 is 0 Å². The van der Waals surface area contributed by atoms with Gasteiger partial charge in [0.25, 0.3) is 0 Å². The van der Waals surface area contributed by atoms with Crippen molar-refractivity contribution in [2.45, 2.75) is 42.8 Å². The van der Waals surface area contributed by atoms with Crippen molar-refractivity contribution >= 4 is 15.8 Å². The smallest absolute Gasteiger partial charge is 0.298 e. The van der Waals surface area contributed by atoms with Gasteiger partial charge in [-0.2, -0.15) is 17.5 Å². The van der Waals surface area contributed by atoms with E-state index in [2.05, 4.69) is 0 Å². The van der Waals surface area contributed by atoms with Crippen LogP contribution in [0.2, 0.25) is 0 Å². The summed E-state index contributed by atoms with van der Waals surface area (Å²) in [6.45, 7) is 0.186. The number of alkyl halides is 3. The summed E-state index contributed by atoms with van der Waals surface area (Å²) in [5, 5.41) is 0. The van der Waals surface area contributed by atoms with Gasteiger partial charge in [0.15, 0.2) is 5.78 Å². The minimum Gasteiger partial charge on any atom is -0.298 e. The van der Waals surface area contributed by atoms with Crippen molar-refractivity contribution in [3.05, 3.63) is 89.5 Å². The van der Waals surface area contributed by atoms with Gasteiger partial charge in [-0.25, -0.2) is 17.2 Å². The summed E-state index contributed by atoms with van der Waals surface area (Å²) in [6.07, 6.45) is -3.57. The summed E-state index contributed by atoms with van der Waals surface area (Å²) in [5.74, 6) is -2.20. The average Bonchev–Trinajstić information content (AvgIpc) is 3.33. The standard InChI is InChI=1S/C26H22F5NO3S/c27-20-8-10-21(11-9-20)36(34,35)32-14-2-5-24(32)25(33)13-6-17-3-1-4-18(15-17)19-7-12-22(23(28)16-19)26(29,30)31/h1,3-4,7-12,15-16,24H,2,5-6,13-14H2/t24-/m0/s1. The number of sulfonamides is 1. The van der Waals surface area contributed by atoms with Gasteiger partial charge in [-0.05, 0) is 72.4 Å². The average molecular weight is 524 g/mol. The molecule has 1 aliphatic rings. The Bertz CT molecular complexity index is 1370. The van der Waals surface area contributed by atoms with Gasteiger partial charge in [0.1, 0.15) is 11.6 Å². The zero-order chi connectivity index (χ0) is 26.1. The maximum atomic E-state index is 14.0. The molecule has 3 aromatic rings. The second kappa shape index (κ2) is 10.1. The van der Waals surface area contributed by atoms with E-state index in [1.165, 1.54) is 18.2 Å². The number of aryl methyl sites for hydroxylation is 1. The first-order chi connectivity index (χ1) is 17.0. The first kappa shape index (κ1) is 26.0. The number of carbonyl (C=O) groups excluding carboxylic acids is 1. The molecule has 4 nitrogen and oxygen atoms in total.